The molecule has 0 unspecified atom stereocenters. The highest BCUT2D eigenvalue weighted by atomic mass is 32.2. The van der Waals surface area contributed by atoms with Gasteiger partial charge in [0.05, 0.1) is 22.6 Å². The fraction of sp³-hybridized carbons (Fsp3) is 0.250. The van der Waals surface area contributed by atoms with E-state index in [9.17, 15) is 36.0 Å². The zero-order chi connectivity index (χ0) is 23.9. The van der Waals surface area contributed by atoms with Gasteiger partial charge in [0.2, 0.25) is 10.0 Å². The first-order chi connectivity index (χ1) is 14.9. The third-order valence-electron chi connectivity index (χ3n) is 4.04. The lowest BCUT2D eigenvalue weighted by atomic mass is 10.1. The van der Waals surface area contributed by atoms with Crippen LogP contribution in [0, 0.1) is 0 Å². The zero-order valence-corrected chi connectivity index (χ0v) is 17.5. The largest absolute Gasteiger partial charge is 0.456 e. The van der Waals surface area contributed by atoms with Gasteiger partial charge in [-0.25, -0.2) is 13.1 Å². The van der Waals surface area contributed by atoms with E-state index in [1.807, 2.05) is 4.72 Å². The van der Waals surface area contributed by atoms with Gasteiger partial charge in [0.15, 0.2) is 12.4 Å². The summed E-state index contributed by atoms with van der Waals surface area (Å²) in [5, 5.41) is 2.43. The fourth-order valence-electron chi connectivity index (χ4n) is 2.51. The summed E-state index contributed by atoms with van der Waals surface area (Å²) in [7, 11) is -4.29. The van der Waals surface area contributed by atoms with Gasteiger partial charge in [-0.2, -0.15) is 13.2 Å². The van der Waals surface area contributed by atoms with Crippen LogP contribution in [0.1, 0.15) is 29.3 Å². The van der Waals surface area contributed by atoms with Gasteiger partial charge in [-0.1, -0.05) is 18.2 Å². The minimum absolute atomic E-state index is 0.245. The molecule has 8 nitrogen and oxygen atoms in total. The number of carbonyl (C=O) groups is 3. The molecule has 0 spiro atoms. The molecule has 0 atom stereocenters. The average Bonchev–Trinajstić information content (AvgIpc) is 2.72. The van der Waals surface area contributed by atoms with Crippen molar-refractivity contribution in [2.75, 3.05) is 18.5 Å². The third-order valence-corrected chi connectivity index (χ3v) is 5.50. The summed E-state index contributed by atoms with van der Waals surface area (Å²) in [6.07, 6.45) is -5.17. The van der Waals surface area contributed by atoms with E-state index >= 15 is 0 Å². The number of nitrogens with one attached hydrogen (secondary N) is 2. The van der Waals surface area contributed by atoms with Crippen LogP contribution in [-0.2, 0) is 30.5 Å². The summed E-state index contributed by atoms with van der Waals surface area (Å²) in [6, 6.07) is 9.38. The van der Waals surface area contributed by atoms with Gasteiger partial charge in [-0.15, -0.1) is 0 Å². The standard InChI is InChI=1S/C20H19F3N2O6S/c1-13(26)16-7-2-3-8-17(16)25-18(27)12-31-19(28)9-10-24-32(29,30)15-6-4-5-14(11-15)20(21,22)23/h2-8,11,24H,9-10,12H2,1H3,(H,25,27). The second-order valence-electron chi connectivity index (χ2n) is 6.48. The minimum atomic E-state index is -4.71. The Morgan fingerprint density at radius 2 is 1.72 bits per heavy atom. The molecule has 172 valence electrons. The van der Waals surface area contributed by atoms with Crippen molar-refractivity contribution in [2.24, 2.45) is 0 Å². The number of amides is 1. The van der Waals surface area contributed by atoms with E-state index in [2.05, 4.69) is 5.32 Å². The number of benzene rings is 2. The molecule has 0 aromatic heterocycles. The van der Waals surface area contributed by atoms with Crippen molar-refractivity contribution < 1.29 is 40.7 Å². The molecule has 0 aliphatic carbocycles. The Morgan fingerprint density at radius 3 is 2.38 bits per heavy atom. The topological polar surface area (TPSA) is 119 Å². The summed E-state index contributed by atoms with van der Waals surface area (Å²) in [4.78, 5) is 34.6. The highest BCUT2D eigenvalue weighted by molar-refractivity contribution is 7.89. The van der Waals surface area contributed by atoms with E-state index in [1.165, 1.54) is 19.1 Å². The SMILES string of the molecule is CC(=O)c1ccccc1NC(=O)COC(=O)CCNS(=O)(=O)c1cccc(C(F)(F)F)c1. The first-order valence-electron chi connectivity index (χ1n) is 9.12. The second kappa shape index (κ2) is 10.4. The molecule has 0 fully saturated rings. The quantitative estimate of drug-likeness (QED) is 0.428. The molecule has 0 saturated heterocycles. The number of sulfonamides is 1. The molecular weight excluding hydrogens is 453 g/mol. The van der Waals surface area contributed by atoms with Crippen molar-refractivity contribution in [1.29, 1.82) is 0 Å². The van der Waals surface area contributed by atoms with Crippen molar-refractivity contribution in [2.45, 2.75) is 24.4 Å². The van der Waals surface area contributed by atoms with Crippen molar-refractivity contribution in [3.8, 4) is 0 Å². The number of Topliss-reactive ketones (excluding diaryl/α,β-unsaturated/α-hetero) is 1. The maximum absolute atomic E-state index is 12.7. The molecule has 1 amide bonds. The van der Waals surface area contributed by atoms with E-state index in [4.69, 9.17) is 4.74 Å². The third kappa shape index (κ3) is 7.17. The number of carbonyl (C=O) groups excluding carboxylic acids is 3. The van der Waals surface area contributed by atoms with E-state index in [0.717, 1.165) is 18.2 Å². The normalized spacial score (nSPS) is 11.6. The van der Waals surface area contributed by atoms with Crippen LogP contribution >= 0.6 is 0 Å². The lowest BCUT2D eigenvalue weighted by Crippen LogP contribution is -2.28. The zero-order valence-electron chi connectivity index (χ0n) is 16.7. The average molecular weight is 472 g/mol. The molecule has 2 aromatic carbocycles. The molecule has 0 radical (unpaired) electrons. The summed E-state index contributed by atoms with van der Waals surface area (Å²) in [5.74, 6) is -1.89. The van der Waals surface area contributed by atoms with Crippen LogP contribution in [0.25, 0.3) is 0 Å². The Bertz CT molecular complexity index is 1120. The first kappa shape index (κ1) is 25.0. The van der Waals surface area contributed by atoms with Gasteiger partial charge in [0.1, 0.15) is 0 Å². The number of hydrogen-bond acceptors (Lipinski definition) is 6. The van der Waals surface area contributed by atoms with Crippen molar-refractivity contribution >= 4 is 33.4 Å². The number of ketones is 1. The fourth-order valence-corrected chi connectivity index (χ4v) is 3.59. The second-order valence-corrected chi connectivity index (χ2v) is 8.25. The summed E-state index contributed by atoms with van der Waals surface area (Å²) in [6.45, 7) is 0.198. The van der Waals surface area contributed by atoms with Crippen LogP contribution < -0.4 is 10.0 Å². The van der Waals surface area contributed by atoms with Gasteiger partial charge < -0.3 is 10.1 Å². The number of hydrogen-bond donors (Lipinski definition) is 2. The molecule has 32 heavy (non-hydrogen) atoms. The number of para-hydroxylation sites is 1. The highest BCUT2D eigenvalue weighted by Crippen LogP contribution is 2.30. The Balaban J connectivity index is 1.84. The number of esters is 1. The van der Waals surface area contributed by atoms with Crippen LogP contribution in [0.15, 0.2) is 53.4 Å². The number of anilines is 1. The summed E-state index contributed by atoms with van der Waals surface area (Å²) < 4.78 is 69.2. The van der Waals surface area contributed by atoms with E-state index < -0.39 is 58.1 Å². The lowest BCUT2D eigenvalue weighted by molar-refractivity contribution is -0.147. The van der Waals surface area contributed by atoms with E-state index in [-0.39, 0.29) is 17.0 Å². The van der Waals surface area contributed by atoms with Gasteiger partial charge >= 0.3 is 12.1 Å². The van der Waals surface area contributed by atoms with Crippen molar-refractivity contribution in [1.82, 2.24) is 4.72 Å². The molecule has 0 saturated carbocycles. The summed E-state index contributed by atoms with van der Waals surface area (Å²) >= 11 is 0. The molecule has 2 rings (SSSR count). The van der Waals surface area contributed by atoms with Crippen LogP contribution in [0.5, 0.6) is 0 Å². The molecule has 0 aliphatic heterocycles. The van der Waals surface area contributed by atoms with Crippen molar-refractivity contribution in [3.05, 3.63) is 59.7 Å². The molecule has 0 heterocycles. The number of halogens is 3. The van der Waals surface area contributed by atoms with Gasteiger partial charge in [0.25, 0.3) is 5.91 Å². The van der Waals surface area contributed by atoms with Gasteiger partial charge in [0, 0.05) is 12.1 Å². The van der Waals surface area contributed by atoms with E-state index in [1.54, 1.807) is 12.1 Å². The molecule has 0 aliphatic rings. The molecule has 12 heteroatoms. The van der Waals surface area contributed by atoms with Crippen LogP contribution in [-0.4, -0.2) is 39.2 Å². The monoisotopic (exact) mass is 472 g/mol. The molecule has 2 aromatic rings. The van der Waals surface area contributed by atoms with Gasteiger partial charge in [-0.05, 0) is 37.3 Å². The predicted octanol–water partition coefficient (Wildman–Crippen LogP) is 2.76. The smallest absolute Gasteiger partial charge is 0.416 e. The van der Waals surface area contributed by atoms with E-state index in [0.29, 0.717) is 6.07 Å². The molecular formula is C20H19F3N2O6S. The van der Waals surface area contributed by atoms with Gasteiger partial charge in [-0.3, -0.25) is 14.4 Å². The minimum Gasteiger partial charge on any atom is -0.456 e. The number of alkyl halides is 3. The first-order valence-corrected chi connectivity index (χ1v) is 10.6. The van der Waals surface area contributed by atoms with Crippen LogP contribution in [0.3, 0.4) is 0 Å². The maximum Gasteiger partial charge on any atom is 0.416 e. The van der Waals surface area contributed by atoms with Crippen LogP contribution in [0.4, 0.5) is 18.9 Å². The number of rotatable bonds is 9. The van der Waals surface area contributed by atoms with Crippen molar-refractivity contribution in [3.63, 3.8) is 0 Å². The molecule has 0 bridgehead atoms. The van der Waals surface area contributed by atoms with Crippen LogP contribution in [0.2, 0.25) is 0 Å². The summed E-state index contributed by atoms with van der Waals surface area (Å²) in [5.41, 5.74) is -0.608. The molecule has 2 N–H and O–H groups in total. The predicted molar refractivity (Wildman–Crippen MR) is 107 cm³/mol. The Hall–Kier alpha value is -3.25. The Kier molecular flexibility index (Phi) is 8.11. The Morgan fingerprint density at radius 1 is 1.03 bits per heavy atom. The number of ether oxygens (including phenoxy) is 1. The highest BCUT2D eigenvalue weighted by Gasteiger charge is 2.31. The Labute approximate surface area is 181 Å². The maximum atomic E-state index is 12.7. The lowest BCUT2D eigenvalue weighted by Gasteiger charge is -2.11.